The first-order valence-corrected chi connectivity index (χ1v) is 4.17. The number of carboxylic acids is 1. The monoisotopic (exact) mass is 200 g/mol. The summed E-state index contributed by atoms with van der Waals surface area (Å²) in [4.78, 5) is 10.2. The lowest BCUT2D eigenvalue weighted by atomic mass is 10.1. The van der Waals surface area contributed by atoms with Gasteiger partial charge in [-0.15, -0.1) is 0 Å². The third kappa shape index (κ3) is 2.28. The third-order valence-corrected chi connectivity index (χ3v) is 2.01. The van der Waals surface area contributed by atoms with Crippen LogP contribution in [0.1, 0.15) is 17.5 Å². The van der Waals surface area contributed by atoms with Crippen molar-refractivity contribution in [2.75, 3.05) is 0 Å². The fourth-order valence-electron chi connectivity index (χ4n) is 1.15. The van der Waals surface area contributed by atoms with E-state index in [0.29, 0.717) is 0 Å². The van der Waals surface area contributed by atoms with Crippen LogP contribution in [0.15, 0.2) is 12.1 Å². The molecule has 0 unspecified atom stereocenters. The van der Waals surface area contributed by atoms with Crippen LogP contribution in [0.4, 0.5) is 8.78 Å². The molecule has 0 bridgehead atoms. The van der Waals surface area contributed by atoms with Crippen molar-refractivity contribution in [3.8, 4) is 0 Å². The lowest BCUT2D eigenvalue weighted by Gasteiger charge is -2.04. The van der Waals surface area contributed by atoms with E-state index in [1.165, 1.54) is 13.0 Å². The highest BCUT2D eigenvalue weighted by atomic mass is 19.1. The number of hydrogen-bond donors (Lipinski definition) is 1. The van der Waals surface area contributed by atoms with Gasteiger partial charge in [0.15, 0.2) is 0 Å². The van der Waals surface area contributed by atoms with Crippen molar-refractivity contribution in [1.29, 1.82) is 0 Å². The molecule has 2 nitrogen and oxygen atoms in total. The van der Waals surface area contributed by atoms with E-state index in [4.69, 9.17) is 5.11 Å². The molecule has 1 N–H and O–H groups in total. The van der Waals surface area contributed by atoms with Gasteiger partial charge in [-0.1, -0.05) is 6.07 Å². The zero-order chi connectivity index (χ0) is 10.7. The van der Waals surface area contributed by atoms with Crippen LogP contribution in [0.25, 0.3) is 0 Å². The lowest BCUT2D eigenvalue weighted by Crippen LogP contribution is -2.01. The molecule has 0 aromatic heterocycles. The molecule has 0 aliphatic heterocycles. The number of aryl methyl sites for hydroxylation is 1. The summed E-state index contributed by atoms with van der Waals surface area (Å²) >= 11 is 0. The Hall–Kier alpha value is -1.45. The Labute approximate surface area is 80.2 Å². The van der Waals surface area contributed by atoms with E-state index in [1.807, 2.05) is 0 Å². The summed E-state index contributed by atoms with van der Waals surface area (Å²) in [6.07, 6.45) is -0.0652. The quantitative estimate of drug-likeness (QED) is 0.812. The summed E-state index contributed by atoms with van der Waals surface area (Å²) in [7, 11) is 0. The second kappa shape index (κ2) is 4.17. The van der Waals surface area contributed by atoms with Crippen LogP contribution in [0.5, 0.6) is 0 Å². The van der Waals surface area contributed by atoms with Gasteiger partial charge in [0, 0.05) is 12.0 Å². The van der Waals surface area contributed by atoms with E-state index < -0.39 is 17.6 Å². The zero-order valence-corrected chi connectivity index (χ0v) is 7.68. The standard InChI is InChI=1S/C10H10F2O2/c1-6-8(11)4-2-7(10(6)12)3-5-9(13)14/h2,4H,3,5H2,1H3,(H,13,14). The Balaban J connectivity index is 2.88. The minimum absolute atomic E-state index is 0.0621. The fourth-order valence-corrected chi connectivity index (χ4v) is 1.15. The molecular formula is C10H10F2O2. The van der Waals surface area contributed by atoms with E-state index in [9.17, 15) is 13.6 Å². The number of halogens is 2. The number of carbonyl (C=O) groups is 1. The van der Waals surface area contributed by atoms with Crippen LogP contribution >= 0.6 is 0 Å². The maximum absolute atomic E-state index is 13.3. The first kappa shape index (κ1) is 10.6. The molecule has 4 heteroatoms. The maximum atomic E-state index is 13.3. The molecule has 1 aromatic carbocycles. The minimum atomic E-state index is -0.994. The molecule has 0 aliphatic carbocycles. The van der Waals surface area contributed by atoms with Crippen LogP contribution in [-0.2, 0) is 11.2 Å². The summed E-state index contributed by atoms with van der Waals surface area (Å²) in [6.45, 7) is 1.33. The van der Waals surface area contributed by atoms with Gasteiger partial charge >= 0.3 is 5.97 Å². The van der Waals surface area contributed by atoms with Crippen molar-refractivity contribution in [3.63, 3.8) is 0 Å². The van der Waals surface area contributed by atoms with Crippen LogP contribution < -0.4 is 0 Å². The highest BCUT2D eigenvalue weighted by molar-refractivity contribution is 5.67. The SMILES string of the molecule is Cc1c(F)ccc(CCC(=O)O)c1F. The molecule has 0 aliphatic rings. The second-order valence-electron chi connectivity index (χ2n) is 3.04. The Morgan fingerprint density at radius 2 is 2.07 bits per heavy atom. The largest absolute Gasteiger partial charge is 0.481 e. The molecule has 14 heavy (non-hydrogen) atoms. The normalized spacial score (nSPS) is 10.2. The molecule has 0 spiro atoms. The number of hydrogen-bond acceptors (Lipinski definition) is 1. The summed E-state index contributed by atoms with van der Waals surface area (Å²) in [5, 5.41) is 8.39. The van der Waals surface area contributed by atoms with Crippen LogP contribution in [0.3, 0.4) is 0 Å². The van der Waals surface area contributed by atoms with E-state index >= 15 is 0 Å². The minimum Gasteiger partial charge on any atom is -0.481 e. The summed E-state index contributed by atoms with van der Waals surface area (Å²) in [5.74, 6) is -2.25. The molecule has 0 amide bonds. The Morgan fingerprint density at radius 1 is 1.43 bits per heavy atom. The van der Waals surface area contributed by atoms with Gasteiger partial charge in [-0.25, -0.2) is 8.78 Å². The van der Waals surface area contributed by atoms with Gasteiger partial charge in [0.25, 0.3) is 0 Å². The van der Waals surface area contributed by atoms with Crippen molar-refractivity contribution >= 4 is 5.97 Å². The predicted octanol–water partition coefficient (Wildman–Crippen LogP) is 2.29. The average molecular weight is 200 g/mol. The summed E-state index contributed by atoms with van der Waals surface area (Å²) in [5.41, 5.74) is 0.180. The van der Waals surface area contributed by atoms with Crippen LogP contribution in [-0.4, -0.2) is 11.1 Å². The molecule has 0 radical (unpaired) electrons. The predicted molar refractivity (Wildman–Crippen MR) is 47.1 cm³/mol. The smallest absolute Gasteiger partial charge is 0.303 e. The molecule has 76 valence electrons. The maximum Gasteiger partial charge on any atom is 0.303 e. The van der Waals surface area contributed by atoms with Crippen molar-refractivity contribution in [2.45, 2.75) is 19.8 Å². The fraction of sp³-hybridized carbons (Fsp3) is 0.300. The highest BCUT2D eigenvalue weighted by Crippen LogP contribution is 2.16. The molecule has 0 fully saturated rings. The van der Waals surface area contributed by atoms with E-state index in [-0.39, 0.29) is 24.0 Å². The molecule has 0 atom stereocenters. The summed E-state index contributed by atoms with van der Waals surface area (Å²) < 4.78 is 26.1. The van der Waals surface area contributed by atoms with E-state index in [2.05, 4.69) is 0 Å². The van der Waals surface area contributed by atoms with Crippen LogP contribution in [0.2, 0.25) is 0 Å². The number of carboxylic acid groups (broad SMARTS) is 1. The van der Waals surface area contributed by atoms with Gasteiger partial charge in [-0.2, -0.15) is 0 Å². The number of aliphatic carboxylic acids is 1. The topological polar surface area (TPSA) is 37.3 Å². The van der Waals surface area contributed by atoms with Crippen molar-refractivity contribution in [2.24, 2.45) is 0 Å². The van der Waals surface area contributed by atoms with E-state index in [0.717, 1.165) is 6.07 Å². The first-order chi connectivity index (χ1) is 6.52. The Bertz CT molecular complexity index is 361. The molecule has 0 saturated heterocycles. The molecule has 0 saturated carbocycles. The average Bonchev–Trinajstić information content (AvgIpc) is 2.13. The molecule has 0 heterocycles. The van der Waals surface area contributed by atoms with Crippen molar-refractivity contribution < 1.29 is 18.7 Å². The Morgan fingerprint density at radius 3 is 2.64 bits per heavy atom. The lowest BCUT2D eigenvalue weighted by molar-refractivity contribution is -0.136. The number of benzene rings is 1. The first-order valence-electron chi connectivity index (χ1n) is 4.17. The van der Waals surface area contributed by atoms with Gasteiger partial charge in [0.2, 0.25) is 0 Å². The number of rotatable bonds is 3. The van der Waals surface area contributed by atoms with E-state index in [1.54, 1.807) is 0 Å². The van der Waals surface area contributed by atoms with Crippen LogP contribution in [0, 0.1) is 18.6 Å². The summed E-state index contributed by atoms with van der Waals surface area (Å²) in [6, 6.07) is 2.43. The third-order valence-electron chi connectivity index (χ3n) is 2.01. The molecule has 1 rings (SSSR count). The molecule has 1 aromatic rings. The van der Waals surface area contributed by atoms with Gasteiger partial charge in [0.1, 0.15) is 11.6 Å². The van der Waals surface area contributed by atoms with Gasteiger partial charge < -0.3 is 5.11 Å². The Kier molecular flexibility index (Phi) is 3.17. The van der Waals surface area contributed by atoms with Crippen molar-refractivity contribution in [1.82, 2.24) is 0 Å². The zero-order valence-electron chi connectivity index (χ0n) is 7.68. The van der Waals surface area contributed by atoms with Gasteiger partial charge in [-0.05, 0) is 25.0 Å². The van der Waals surface area contributed by atoms with Crippen molar-refractivity contribution in [3.05, 3.63) is 34.9 Å². The molecular weight excluding hydrogens is 190 g/mol. The second-order valence-corrected chi connectivity index (χ2v) is 3.04. The highest BCUT2D eigenvalue weighted by Gasteiger charge is 2.10. The van der Waals surface area contributed by atoms with Gasteiger partial charge in [0.05, 0.1) is 0 Å². The van der Waals surface area contributed by atoms with Gasteiger partial charge in [-0.3, -0.25) is 4.79 Å².